The molecule has 1 aromatic carbocycles. The van der Waals surface area contributed by atoms with Crippen molar-refractivity contribution < 1.29 is 14.6 Å². The Morgan fingerprint density at radius 2 is 2.08 bits per heavy atom. The van der Waals surface area contributed by atoms with Gasteiger partial charge < -0.3 is 10.2 Å². The molecular formula is C17H15ClN4O4. The van der Waals surface area contributed by atoms with Gasteiger partial charge in [0.1, 0.15) is 12.2 Å². The van der Waals surface area contributed by atoms with Gasteiger partial charge in [-0.25, -0.2) is 9.78 Å². The third-order valence-electron chi connectivity index (χ3n) is 4.03. The average molecular weight is 375 g/mol. The van der Waals surface area contributed by atoms with Gasteiger partial charge in [-0.1, -0.05) is 29.8 Å². The highest BCUT2D eigenvalue weighted by Gasteiger charge is 2.42. The molecule has 0 spiro atoms. The van der Waals surface area contributed by atoms with E-state index in [1.165, 1.54) is 18.7 Å². The number of nitrogens with zero attached hydrogens (tertiary/aromatic N) is 3. The lowest BCUT2D eigenvalue weighted by Crippen LogP contribution is -2.34. The van der Waals surface area contributed by atoms with Gasteiger partial charge >= 0.3 is 5.97 Å². The van der Waals surface area contributed by atoms with E-state index in [-0.39, 0.29) is 11.3 Å². The fourth-order valence-electron chi connectivity index (χ4n) is 2.95. The number of allylic oxidation sites excluding steroid dienone is 3. The van der Waals surface area contributed by atoms with Gasteiger partial charge in [-0.05, 0) is 25.5 Å². The summed E-state index contributed by atoms with van der Waals surface area (Å²) in [6.45, 7) is 3.25. The summed E-state index contributed by atoms with van der Waals surface area (Å²) in [6.07, 6.45) is 4.21. The predicted octanol–water partition coefficient (Wildman–Crippen LogP) is 2.66. The number of halogens is 1. The van der Waals surface area contributed by atoms with E-state index < -0.39 is 16.8 Å². The van der Waals surface area contributed by atoms with Crippen LogP contribution in [0.2, 0.25) is 5.02 Å². The van der Waals surface area contributed by atoms with Crippen LogP contribution in [0.4, 0.5) is 0 Å². The fourth-order valence-corrected chi connectivity index (χ4v) is 3.20. The van der Waals surface area contributed by atoms with Crippen LogP contribution in [0.15, 0.2) is 65.7 Å². The monoisotopic (exact) mass is 374 g/mol. The summed E-state index contributed by atoms with van der Waals surface area (Å²) in [7, 11) is 0. The van der Waals surface area contributed by atoms with E-state index in [0.717, 1.165) is 4.73 Å². The lowest BCUT2D eigenvalue weighted by atomic mass is 9.84. The molecule has 3 rings (SSSR count). The van der Waals surface area contributed by atoms with Gasteiger partial charge in [0.2, 0.25) is 0 Å². The minimum atomic E-state index is -0.962. The van der Waals surface area contributed by atoms with Crippen LogP contribution in [0.25, 0.3) is 0 Å². The first-order valence-corrected chi connectivity index (χ1v) is 8.06. The van der Waals surface area contributed by atoms with Gasteiger partial charge in [0.25, 0.3) is 5.70 Å². The SMILES string of the molecule is CC1=C(C(=O)On2ccnc2)C(c2ccccc2Cl)C([N+](=O)[O-])=C(C)N1. The highest BCUT2D eigenvalue weighted by Crippen LogP contribution is 2.41. The van der Waals surface area contributed by atoms with Crippen LogP contribution in [-0.2, 0) is 4.79 Å². The normalized spacial score (nSPS) is 17.1. The molecule has 9 heteroatoms. The van der Waals surface area contributed by atoms with E-state index in [4.69, 9.17) is 16.4 Å². The Bertz CT molecular complexity index is 934. The van der Waals surface area contributed by atoms with Gasteiger partial charge in [-0.2, -0.15) is 4.73 Å². The van der Waals surface area contributed by atoms with Crippen LogP contribution < -0.4 is 10.2 Å². The summed E-state index contributed by atoms with van der Waals surface area (Å²) in [5, 5.41) is 14.9. The van der Waals surface area contributed by atoms with Crippen LogP contribution in [-0.4, -0.2) is 20.6 Å². The van der Waals surface area contributed by atoms with E-state index >= 15 is 0 Å². The molecule has 0 fully saturated rings. The average Bonchev–Trinajstić information content (AvgIpc) is 3.07. The summed E-state index contributed by atoms with van der Waals surface area (Å²) >= 11 is 6.28. The first kappa shape index (κ1) is 17.7. The predicted molar refractivity (Wildman–Crippen MR) is 93.5 cm³/mol. The van der Waals surface area contributed by atoms with Crippen LogP contribution in [0.1, 0.15) is 25.3 Å². The number of hydrogen-bond acceptors (Lipinski definition) is 6. The van der Waals surface area contributed by atoms with Crippen molar-refractivity contribution in [3.05, 3.63) is 86.4 Å². The van der Waals surface area contributed by atoms with Crippen molar-refractivity contribution in [2.75, 3.05) is 0 Å². The molecule has 0 aliphatic carbocycles. The first-order valence-electron chi connectivity index (χ1n) is 7.68. The molecule has 0 bridgehead atoms. The Labute approximate surface area is 153 Å². The van der Waals surface area contributed by atoms with Gasteiger partial charge in [-0.3, -0.25) is 10.1 Å². The molecule has 2 heterocycles. The second-order valence-electron chi connectivity index (χ2n) is 5.69. The first-order chi connectivity index (χ1) is 12.4. The largest absolute Gasteiger partial charge is 0.362 e. The minimum absolute atomic E-state index is 0.115. The number of aromatic nitrogens is 2. The van der Waals surface area contributed by atoms with Crippen molar-refractivity contribution in [2.24, 2.45) is 0 Å². The topological polar surface area (TPSA) is 99.3 Å². The van der Waals surface area contributed by atoms with Crippen molar-refractivity contribution in [3.8, 4) is 0 Å². The van der Waals surface area contributed by atoms with Gasteiger partial charge in [0, 0.05) is 16.9 Å². The number of imidazole rings is 1. The Morgan fingerprint density at radius 3 is 2.69 bits per heavy atom. The number of carbonyl (C=O) groups excluding carboxylic acids is 1. The Balaban J connectivity index is 2.13. The number of nitrogens with one attached hydrogen (secondary N) is 1. The van der Waals surface area contributed by atoms with E-state index in [0.29, 0.717) is 22.0 Å². The highest BCUT2D eigenvalue weighted by molar-refractivity contribution is 6.31. The zero-order valence-corrected chi connectivity index (χ0v) is 14.7. The lowest BCUT2D eigenvalue weighted by molar-refractivity contribution is -0.431. The summed E-state index contributed by atoms with van der Waals surface area (Å²) in [5.41, 5.74) is 1.23. The summed E-state index contributed by atoms with van der Waals surface area (Å²) in [4.78, 5) is 33.1. The van der Waals surface area contributed by atoms with Gasteiger partial charge in [0.15, 0.2) is 0 Å². The number of carbonyl (C=O) groups is 1. The summed E-state index contributed by atoms with van der Waals surface area (Å²) < 4.78 is 1.13. The number of dihydropyridines is 1. The molecule has 0 saturated heterocycles. The van der Waals surface area contributed by atoms with Gasteiger partial charge in [0.05, 0.1) is 22.4 Å². The quantitative estimate of drug-likeness (QED) is 0.652. The van der Waals surface area contributed by atoms with E-state index in [1.54, 1.807) is 38.1 Å². The van der Waals surface area contributed by atoms with Crippen LogP contribution in [0.5, 0.6) is 0 Å². The molecule has 1 atom stereocenters. The van der Waals surface area contributed by atoms with E-state index in [1.807, 2.05) is 0 Å². The van der Waals surface area contributed by atoms with Crippen LogP contribution in [0.3, 0.4) is 0 Å². The summed E-state index contributed by atoms with van der Waals surface area (Å²) in [6, 6.07) is 6.71. The van der Waals surface area contributed by atoms with E-state index in [2.05, 4.69) is 10.3 Å². The van der Waals surface area contributed by atoms with Crippen molar-refractivity contribution in [2.45, 2.75) is 19.8 Å². The summed E-state index contributed by atoms with van der Waals surface area (Å²) in [5.74, 6) is -1.69. The maximum Gasteiger partial charge on any atom is 0.362 e. The minimum Gasteiger partial charge on any atom is -0.357 e. The third-order valence-corrected chi connectivity index (χ3v) is 4.37. The molecule has 26 heavy (non-hydrogen) atoms. The zero-order valence-electron chi connectivity index (χ0n) is 14.0. The second-order valence-corrected chi connectivity index (χ2v) is 6.09. The highest BCUT2D eigenvalue weighted by atomic mass is 35.5. The van der Waals surface area contributed by atoms with E-state index in [9.17, 15) is 14.9 Å². The number of hydrogen-bond donors (Lipinski definition) is 1. The molecule has 1 unspecified atom stereocenters. The second kappa shape index (κ2) is 7.01. The molecule has 0 amide bonds. The van der Waals surface area contributed by atoms with Crippen molar-refractivity contribution in [1.29, 1.82) is 0 Å². The Hall–Kier alpha value is -3.13. The molecule has 0 radical (unpaired) electrons. The zero-order chi connectivity index (χ0) is 18.8. The maximum atomic E-state index is 12.8. The number of nitro groups is 1. The molecular weight excluding hydrogens is 360 g/mol. The van der Waals surface area contributed by atoms with Crippen LogP contribution >= 0.6 is 11.6 Å². The molecule has 134 valence electrons. The Kier molecular flexibility index (Phi) is 4.77. The van der Waals surface area contributed by atoms with Crippen LogP contribution in [0, 0.1) is 10.1 Å². The maximum absolute atomic E-state index is 12.8. The lowest BCUT2D eigenvalue weighted by Gasteiger charge is -2.26. The van der Waals surface area contributed by atoms with Gasteiger partial charge in [-0.15, -0.1) is 0 Å². The molecule has 1 aliphatic rings. The molecule has 1 aliphatic heterocycles. The molecule has 0 saturated carbocycles. The standard InChI is InChI=1S/C17H15ClN4O4/c1-10-14(17(23)26-21-8-7-19-9-21)15(12-5-3-4-6-13(12)18)16(22(24)25)11(2)20-10/h3-9,15,20H,1-2H3. The van der Waals surface area contributed by atoms with Crippen molar-refractivity contribution in [1.82, 2.24) is 15.0 Å². The van der Waals surface area contributed by atoms with Crippen molar-refractivity contribution in [3.63, 3.8) is 0 Å². The molecule has 1 N–H and O–H groups in total. The smallest absolute Gasteiger partial charge is 0.357 e. The molecule has 2 aromatic rings. The molecule has 1 aromatic heterocycles. The fraction of sp³-hybridized carbons (Fsp3) is 0.176. The number of benzene rings is 1. The molecule has 8 nitrogen and oxygen atoms in total. The van der Waals surface area contributed by atoms with Crippen molar-refractivity contribution >= 4 is 17.6 Å². The Morgan fingerprint density at radius 1 is 1.35 bits per heavy atom. The third kappa shape index (κ3) is 3.18. The number of rotatable bonds is 4.